The molecule has 1 aliphatic heterocycles. The molecule has 1 aromatic heterocycles. The zero-order chi connectivity index (χ0) is 16.2. The number of piperazine rings is 1. The monoisotopic (exact) mass is 312 g/mol. The Kier molecular flexibility index (Phi) is 4.52. The minimum Gasteiger partial charge on any atom is -0.335 e. The van der Waals surface area contributed by atoms with E-state index in [-0.39, 0.29) is 11.5 Å². The van der Waals surface area contributed by atoms with Crippen molar-refractivity contribution in [2.24, 2.45) is 7.05 Å². The summed E-state index contributed by atoms with van der Waals surface area (Å²) in [6.07, 6.45) is 0. The van der Waals surface area contributed by atoms with E-state index in [4.69, 9.17) is 0 Å². The number of carbonyl (C=O) groups excluding carboxylic acids is 1. The molecule has 2 heterocycles. The zero-order valence-electron chi connectivity index (χ0n) is 13.2. The third kappa shape index (κ3) is 3.65. The van der Waals surface area contributed by atoms with E-state index < -0.39 is 0 Å². The molecule has 6 heteroatoms. The summed E-state index contributed by atoms with van der Waals surface area (Å²) in [6, 6.07) is 13.2. The molecule has 120 valence electrons. The largest absolute Gasteiger partial charge is 0.335 e. The van der Waals surface area contributed by atoms with Crippen molar-refractivity contribution < 1.29 is 4.79 Å². The second kappa shape index (κ2) is 6.75. The van der Waals surface area contributed by atoms with Gasteiger partial charge in [-0.3, -0.25) is 14.5 Å². The highest BCUT2D eigenvalue weighted by Crippen LogP contribution is 2.10. The van der Waals surface area contributed by atoms with Crippen molar-refractivity contribution in [2.45, 2.75) is 6.54 Å². The summed E-state index contributed by atoms with van der Waals surface area (Å²) in [7, 11) is 1.55. The summed E-state index contributed by atoms with van der Waals surface area (Å²) in [5.41, 5.74) is 1.39. The molecule has 1 fully saturated rings. The van der Waals surface area contributed by atoms with E-state index in [0.717, 1.165) is 19.6 Å². The molecule has 0 unspecified atom stereocenters. The lowest BCUT2D eigenvalue weighted by Crippen LogP contribution is -2.48. The molecule has 0 N–H and O–H groups in total. The molecule has 0 bridgehead atoms. The standard InChI is InChI=1S/C17H20N4O2/c1-19-16(22)8-7-15(18-19)17(23)21-11-9-20(10-12-21)13-14-5-3-2-4-6-14/h2-8H,9-13H2,1H3. The number of hydrogen-bond acceptors (Lipinski definition) is 4. The maximum Gasteiger partial charge on any atom is 0.274 e. The normalized spacial score (nSPS) is 15.6. The summed E-state index contributed by atoms with van der Waals surface area (Å²) in [5, 5.41) is 4.03. The first kappa shape index (κ1) is 15.4. The fraction of sp³-hybridized carbons (Fsp3) is 0.353. The van der Waals surface area contributed by atoms with Crippen molar-refractivity contribution in [2.75, 3.05) is 26.2 Å². The van der Waals surface area contributed by atoms with Gasteiger partial charge in [0.25, 0.3) is 11.5 Å². The second-order valence-electron chi connectivity index (χ2n) is 5.73. The predicted molar refractivity (Wildman–Crippen MR) is 87.1 cm³/mol. The number of hydrogen-bond donors (Lipinski definition) is 0. The van der Waals surface area contributed by atoms with Crippen LogP contribution in [0.25, 0.3) is 0 Å². The summed E-state index contributed by atoms with van der Waals surface area (Å²) < 4.78 is 1.19. The van der Waals surface area contributed by atoms with Crippen molar-refractivity contribution >= 4 is 5.91 Å². The average molecular weight is 312 g/mol. The number of aryl methyl sites for hydroxylation is 1. The molecule has 1 aromatic carbocycles. The van der Waals surface area contributed by atoms with Gasteiger partial charge in [0.15, 0.2) is 0 Å². The van der Waals surface area contributed by atoms with Crippen molar-refractivity contribution in [3.8, 4) is 0 Å². The first-order valence-corrected chi connectivity index (χ1v) is 7.73. The highest BCUT2D eigenvalue weighted by atomic mass is 16.2. The summed E-state index contributed by atoms with van der Waals surface area (Å²) in [6.45, 7) is 3.94. The first-order valence-electron chi connectivity index (χ1n) is 7.73. The fourth-order valence-electron chi connectivity index (χ4n) is 2.73. The Hall–Kier alpha value is -2.47. The van der Waals surface area contributed by atoms with Crippen LogP contribution in [0, 0.1) is 0 Å². The summed E-state index contributed by atoms with van der Waals surface area (Å²) in [5.74, 6) is -0.111. The Morgan fingerprint density at radius 3 is 2.39 bits per heavy atom. The van der Waals surface area contributed by atoms with E-state index in [0.29, 0.717) is 18.8 Å². The molecule has 23 heavy (non-hydrogen) atoms. The zero-order valence-corrected chi connectivity index (χ0v) is 13.2. The van der Waals surface area contributed by atoms with Gasteiger partial charge < -0.3 is 4.90 Å². The molecular formula is C17H20N4O2. The third-order valence-electron chi connectivity index (χ3n) is 4.09. The number of rotatable bonds is 3. The van der Waals surface area contributed by atoms with E-state index in [9.17, 15) is 9.59 Å². The van der Waals surface area contributed by atoms with Gasteiger partial charge in [0.05, 0.1) is 0 Å². The molecule has 1 amide bonds. The number of benzene rings is 1. The SMILES string of the molecule is Cn1nc(C(=O)N2CCN(Cc3ccccc3)CC2)ccc1=O. The summed E-state index contributed by atoms with van der Waals surface area (Å²) in [4.78, 5) is 28.0. The van der Waals surface area contributed by atoms with E-state index in [2.05, 4.69) is 22.1 Å². The first-order chi connectivity index (χ1) is 11.1. The highest BCUT2D eigenvalue weighted by molar-refractivity contribution is 5.92. The van der Waals surface area contributed by atoms with Gasteiger partial charge in [0.1, 0.15) is 5.69 Å². The molecule has 3 rings (SSSR count). The van der Waals surface area contributed by atoms with Crippen molar-refractivity contribution in [1.29, 1.82) is 0 Å². The van der Waals surface area contributed by atoms with E-state index >= 15 is 0 Å². The van der Waals surface area contributed by atoms with E-state index in [1.54, 1.807) is 11.9 Å². The molecule has 6 nitrogen and oxygen atoms in total. The topological polar surface area (TPSA) is 58.4 Å². The van der Waals surface area contributed by atoms with Gasteiger partial charge in [-0.2, -0.15) is 5.10 Å². The van der Waals surface area contributed by atoms with Crippen LogP contribution in [0.3, 0.4) is 0 Å². The van der Waals surface area contributed by atoms with Gasteiger partial charge >= 0.3 is 0 Å². The lowest BCUT2D eigenvalue weighted by molar-refractivity contribution is 0.0620. The van der Waals surface area contributed by atoms with Crippen LogP contribution in [0.1, 0.15) is 16.1 Å². The highest BCUT2D eigenvalue weighted by Gasteiger charge is 2.23. The van der Waals surface area contributed by atoms with Crippen LogP contribution in [-0.2, 0) is 13.6 Å². The fourth-order valence-corrected chi connectivity index (χ4v) is 2.73. The third-order valence-corrected chi connectivity index (χ3v) is 4.09. The smallest absolute Gasteiger partial charge is 0.274 e. The lowest BCUT2D eigenvalue weighted by Gasteiger charge is -2.34. The van der Waals surface area contributed by atoms with Gasteiger partial charge in [-0.05, 0) is 11.6 Å². The Balaban J connectivity index is 1.59. The van der Waals surface area contributed by atoms with E-state index in [1.807, 2.05) is 18.2 Å². The molecule has 0 spiro atoms. The number of nitrogens with zero attached hydrogens (tertiary/aromatic N) is 4. The van der Waals surface area contributed by atoms with Crippen LogP contribution in [0.4, 0.5) is 0 Å². The van der Waals surface area contributed by atoms with Gasteiger partial charge in [0, 0.05) is 45.8 Å². The predicted octanol–water partition coefficient (Wildman–Crippen LogP) is 0.738. The van der Waals surface area contributed by atoms with Gasteiger partial charge in [-0.15, -0.1) is 0 Å². The van der Waals surface area contributed by atoms with Crippen LogP contribution >= 0.6 is 0 Å². The molecule has 1 saturated heterocycles. The summed E-state index contributed by atoms with van der Waals surface area (Å²) >= 11 is 0. The molecule has 0 radical (unpaired) electrons. The molecule has 2 aromatic rings. The maximum absolute atomic E-state index is 12.5. The van der Waals surface area contributed by atoms with Crippen LogP contribution < -0.4 is 5.56 Å². The van der Waals surface area contributed by atoms with Gasteiger partial charge in [-0.25, -0.2) is 4.68 Å². The second-order valence-corrected chi connectivity index (χ2v) is 5.73. The maximum atomic E-state index is 12.5. The van der Waals surface area contributed by atoms with Crippen LogP contribution in [-0.4, -0.2) is 51.7 Å². The lowest BCUT2D eigenvalue weighted by atomic mass is 10.2. The number of aromatic nitrogens is 2. The van der Waals surface area contributed by atoms with Gasteiger partial charge in [-0.1, -0.05) is 30.3 Å². The van der Waals surface area contributed by atoms with Crippen LogP contribution in [0.5, 0.6) is 0 Å². The Labute approximate surface area is 134 Å². The Bertz CT molecular complexity index is 734. The molecular weight excluding hydrogens is 292 g/mol. The molecule has 0 aliphatic carbocycles. The minimum atomic E-state index is -0.214. The minimum absolute atomic E-state index is 0.111. The van der Waals surface area contributed by atoms with E-state index in [1.165, 1.54) is 22.4 Å². The van der Waals surface area contributed by atoms with Gasteiger partial charge in [0.2, 0.25) is 0 Å². The Morgan fingerprint density at radius 2 is 1.74 bits per heavy atom. The number of amides is 1. The average Bonchev–Trinajstić information content (AvgIpc) is 2.58. The molecule has 0 saturated carbocycles. The van der Waals surface area contributed by atoms with Crippen molar-refractivity contribution in [3.63, 3.8) is 0 Å². The number of carbonyl (C=O) groups is 1. The molecule has 1 aliphatic rings. The van der Waals surface area contributed by atoms with Crippen molar-refractivity contribution in [3.05, 3.63) is 64.1 Å². The Morgan fingerprint density at radius 1 is 1.04 bits per heavy atom. The quantitative estimate of drug-likeness (QED) is 0.839. The van der Waals surface area contributed by atoms with Crippen LogP contribution in [0.15, 0.2) is 47.3 Å². The van der Waals surface area contributed by atoms with Crippen molar-refractivity contribution in [1.82, 2.24) is 19.6 Å². The molecule has 0 atom stereocenters. The van der Waals surface area contributed by atoms with Crippen LogP contribution in [0.2, 0.25) is 0 Å².